The average Bonchev–Trinajstić information content (AvgIpc) is 4.12. The summed E-state index contributed by atoms with van der Waals surface area (Å²) in [5, 5.41) is 0. The van der Waals surface area contributed by atoms with Crippen molar-refractivity contribution in [2.45, 2.75) is 56.3 Å². The van der Waals surface area contributed by atoms with Gasteiger partial charge in [-0.3, -0.25) is 0 Å². The van der Waals surface area contributed by atoms with Gasteiger partial charge in [0.05, 0.1) is 16.8 Å². The molecule has 16 rings (SSSR count). The largest absolute Gasteiger partial charge is 0.310 e. The zero-order chi connectivity index (χ0) is 52.4. The molecule has 0 heterocycles. The third kappa shape index (κ3) is 6.90. The highest BCUT2D eigenvalue weighted by molar-refractivity contribution is 6.03. The fourth-order valence-corrected chi connectivity index (χ4v) is 15.6. The molecular formula is C77H60N2. The van der Waals surface area contributed by atoms with Gasteiger partial charge in [0.25, 0.3) is 0 Å². The van der Waals surface area contributed by atoms with E-state index in [2.05, 4.69) is 285 Å². The molecule has 2 heteroatoms. The van der Waals surface area contributed by atoms with E-state index in [1.54, 1.807) is 0 Å². The molecule has 0 radical (unpaired) electrons. The van der Waals surface area contributed by atoms with Crippen LogP contribution in [0.15, 0.2) is 261 Å². The summed E-state index contributed by atoms with van der Waals surface area (Å²) in [5.74, 6) is 2.34. The smallest absolute Gasteiger partial charge is 0.0726 e. The van der Waals surface area contributed by atoms with Crippen molar-refractivity contribution in [1.29, 1.82) is 0 Å². The molecule has 4 atom stereocenters. The molecule has 378 valence electrons. The van der Waals surface area contributed by atoms with Crippen LogP contribution >= 0.6 is 0 Å². The molecule has 0 aromatic heterocycles. The minimum atomic E-state index is -0.641. The Morgan fingerprint density at radius 1 is 0.316 bits per heavy atom. The highest BCUT2D eigenvalue weighted by Crippen LogP contribution is 2.66. The van der Waals surface area contributed by atoms with Crippen molar-refractivity contribution in [2.24, 2.45) is 11.8 Å². The van der Waals surface area contributed by atoms with E-state index in [1.165, 1.54) is 126 Å². The summed E-state index contributed by atoms with van der Waals surface area (Å²) < 4.78 is 0. The Kier molecular flexibility index (Phi) is 10.4. The maximum atomic E-state index is 2.63. The van der Waals surface area contributed by atoms with Gasteiger partial charge in [-0.25, -0.2) is 0 Å². The highest BCUT2D eigenvalue weighted by Gasteiger charge is 2.53. The van der Waals surface area contributed by atoms with Gasteiger partial charge in [0.15, 0.2) is 0 Å². The van der Waals surface area contributed by atoms with Crippen molar-refractivity contribution in [3.8, 4) is 55.6 Å². The predicted molar refractivity (Wildman–Crippen MR) is 329 cm³/mol. The van der Waals surface area contributed by atoms with E-state index in [9.17, 15) is 0 Å². The Bertz CT molecular complexity index is 4140. The average molecular weight is 1010 g/mol. The van der Waals surface area contributed by atoms with E-state index in [0.717, 1.165) is 40.3 Å². The van der Waals surface area contributed by atoms with Crippen LogP contribution in [0.2, 0.25) is 0 Å². The molecule has 79 heavy (non-hydrogen) atoms. The monoisotopic (exact) mass is 1010 g/mol. The third-order valence-electron chi connectivity index (χ3n) is 19.1. The van der Waals surface area contributed by atoms with Crippen LogP contribution in [0, 0.1) is 11.8 Å². The molecule has 11 aromatic carbocycles. The van der Waals surface area contributed by atoms with Crippen LogP contribution in [0.25, 0.3) is 55.6 Å². The van der Waals surface area contributed by atoms with Gasteiger partial charge in [0.1, 0.15) is 0 Å². The Labute approximate surface area is 465 Å². The standard InChI is InChI=1S/C77H60N2/c1-76(2)68-32-18-15-29-59(68)65-45-58(41-42-69(65)76)79(57-27-13-6-14-28-57)74-48-67-61-31-17-20-34-71(61)77(72(67)47-64(74)53-39-37-52(38-40-53)62-44-50-35-36-54(62)43-50)70-33-19-16-30-60(70)66-46-63(51-21-7-3-8-22-51)75(49-73(66)77)78(55-23-9-4-10-24-55)56-25-11-5-12-26-56/h3-34,37-42,45-50,54,62H,35-36,43-44H2,1-2H3. The van der Waals surface area contributed by atoms with Crippen LogP contribution in [0.5, 0.6) is 0 Å². The second-order valence-electron chi connectivity index (χ2n) is 23.5. The van der Waals surface area contributed by atoms with E-state index in [-0.39, 0.29) is 5.41 Å². The van der Waals surface area contributed by atoms with Crippen molar-refractivity contribution in [3.63, 3.8) is 0 Å². The van der Waals surface area contributed by atoms with Crippen molar-refractivity contribution < 1.29 is 0 Å². The third-order valence-corrected chi connectivity index (χ3v) is 19.1. The molecule has 5 aliphatic rings. The number of anilines is 6. The number of hydrogen-bond donors (Lipinski definition) is 0. The van der Waals surface area contributed by atoms with Crippen molar-refractivity contribution >= 4 is 34.1 Å². The second kappa shape index (κ2) is 17.8. The van der Waals surface area contributed by atoms with Crippen LogP contribution in [-0.2, 0) is 10.8 Å². The first-order valence-corrected chi connectivity index (χ1v) is 28.7. The zero-order valence-corrected chi connectivity index (χ0v) is 44.8. The summed E-state index contributed by atoms with van der Waals surface area (Å²) in [7, 11) is 0. The van der Waals surface area contributed by atoms with E-state index in [0.29, 0.717) is 5.92 Å². The molecule has 0 saturated heterocycles. The Hall–Kier alpha value is -8.98. The minimum Gasteiger partial charge on any atom is -0.310 e. The van der Waals surface area contributed by atoms with E-state index in [1.807, 2.05) is 0 Å². The highest BCUT2D eigenvalue weighted by atomic mass is 15.2. The summed E-state index contributed by atoms with van der Waals surface area (Å²) in [5.41, 5.74) is 28.1. The number of para-hydroxylation sites is 3. The second-order valence-corrected chi connectivity index (χ2v) is 23.5. The lowest BCUT2D eigenvalue weighted by molar-refractivity contribution is 0.420. The molecule has 1 spiro atoms. The lowest BCUT2D eigenvalue weighted by atomic mass is 9.70. The number of nitrogens with zero attached hydrogens (tertiary/aromatic N) is 2. The zero-order valence-electron chi connectivity index (χ0n) is 44.8. The van der Waals surface area contributed by atoms with E-state index >= 15 is 0 Å². The number of hydrogen-bond acceptors (Lipinski definition) is 2. The number of benzene rings is 11. The van der Waals surface area contributed by atoms with Crippen LogP contribution in [0.1, 0.15) is 84.4 Å². The molecule has 5 aliphatic carbocycles. The van der Waals surface area contributed by atoms with E-state index in [4.69, 9.17) is 0 Å². The first-order valence-electron chi connectivity index (χ1n) is 28.7. The molecule has 2 nitrogen and oxygen atoms in total. The summed E-state index contributed by atoms with van der Waals surface area (Å²) in [6.45, 7) is 4.76. The van der Waals surface area contributed by atoms with Crippen LogP contribution in [0.4, 0.5) is 34.1 Å². The molecule has 2 saturated carbocycles. The van der Waals surface area contributed by atoms with Crippen molar-refractivity contribution in [1.82, 2.24) is 0 Å². The summed E-state index contributed by atoms with van der Waals surface area (Å²) in [4.78, 5) is 5.03. The first kappa shape index (κ1) is 46.1. The van der Waals surface area contributed by atoms with Crippen LogP contribution < -0.4 is 9.80 Å². The van der Waals surface area contributed by atoms with Crippen LogP contribution in [0.3, 0.4) is 0 Å². The van der Waals surface area contributed by atoms with Gasteiger partial charge in [0.2, 0.25) is 0 Å². The Balaban J connectivity index is 0.987. The molecule has 4 unspecified atom stereocenters. The van der Waals surface area contributed by atoms with Gasteiger partial charge in [-0.2, -0.15) is 0 Å². The molecule has 2 fully saturated rings. The first-order chi connectivity index (χ1) is 38.9. The van der Waals surface area contributed by atoms with Gasteiger partial charge in [-0.1, -0.05) is 208 Å². The summed E-state index contributed by atoms with van der Waals surface area (Å²) in [6.07, 6.45) is 5.49. The Morgan fingerprint density at radius 2 is 0.772 bits per heavy atom. The molecule has 11 aromatic rings. The Morgan fingerprint density at radius 3 is 1.35 bits per heavy atom. The normalized spacial score (nSPS) is 19.1. The molecular weight excluding hydrogens is 953 g/mol. The molecule has 2 bridgehead atoms. The maximum Gasteiger partial charge on any atom is 0.0726 e. The summed E-state index contributed by atoms with van der Waals surface area (Å²) >= 11 is 0. The fraction of sp³-hybridized carbons (Fsp3) is 0.143. The topological polar surface area (TPSA) is 6.48 Å². The predicted octanol–water partition coefficient (Wildman–Crippen LogP) is 20.5. The fourth-order valence-electron chi connectivity index (χ4n) is 15.6. The van der Waals surface area contributed by atoms with Gasteiger partial charge >= 0.3 is 0 Å². The lowest BCUT2D eigenvalue weighted by Gasteiger charge is -2.34. The SMILES string of the molecule is CC1(C)c2ccccc2-c2cc(N(c3ccccc3)c3cc4c(cc3-c3ccc(C5CC6CCC5C6)cc3)C3(c5ccccc5-4)c4ccccc4-c4cc(-c5ccccc5)c(N(c5ccccc5)c5ccccc5)cc43)ccc21. The van der Waals surface area contributed by atoms with Gasteiger partial charge < -0.3 is 9.80 Å². The van der Waals surface area contributed by atoms with E-state index < -0.39 is 5.41 Å². The quantitative estimate of drug-likeness (QED) is 0.142. The lowest BCUT2D eigenvalue weighted by Crippen LogP contribution is -2.26. The summed E-state index contributed by atoms with van der Waals surface area (Å²) in [6, 6.07) is 99.1. The van der Waals surface area contributed by atoms with Gasteiger partial charge in [0, 0.05) is 39.3 Å². The van der Waals surface area contributed by atoms with Crippen molar-refractivity contribution in [2.75, 3.05) is 9.80 Å². The molecule has 0 amide bonds. The van der Waals surface area contributed by atoms with Gasteiger partial charge in [-0.05, 0) is 193 Å². The van der Waals surface area contributed by atoms with Crippen molar-refractivity contribution in [3.05, 3.63) is 300 Å². The maximum absolute atomic E-state index is 2.63. The van der Waals surface area contributed by atoms with Gasteiger partial charge in [-0.15, -0.1) is 0 Å². The molecule has 0 N–H and O–H groups in total. The molecule has 0 aliphatic heterocycles. The minimum absolute atomic E-state index is 0.103. The van der Waals surface area contributed by atoms with Crippen LogP contribution in [-0.4, -0.2) is 0 Å². The number of rotatable bonds is 9. The number of fused-ring (bicyclic) bond motifs is 15.